The Hall–Kier alpha value is -2.01. The number of rotatable bonds is 4. The third kappa shape index (κ3) is 2.24. The molecule has 0 fully saturated rings. The van der Waals surface area contributed by atoms with E-state index < -0.39 is 0 Å². The molecule has 0 aliphatic rings. The molecule has 2 rings (SSSR count). The van der Waals surface area contributed by atoms with Gasteiger partial charge in [0.25, 0.3) is 0 Å². The van der Waals surface area contributed by atoms with E-state index in [1.54, 1.807) is 20.4 Å². The Bertz CT molecular complexity index is 508. The van der Waals surface area contributed by atoms with E-state index in [0.29, 0.717) is 17.3 Å². The van der Waals surface area contributed by atoms with Crippen LogP contribution in [0.15, 0.2) is 24.4 Å². The number of ether oxygens (including phenoxy) is 2. The molecule has 1 heterocycles. The fraction of sp³-hybridized carbons (Fsp3) is 0.250. The van der Waals surface area contributed by atoms with Gasteiger partial charge in [-0.05, 0) is 18.2 Å². The van der Waals surface area contributed by atoms with Crippen LogP contribution in [0.3, 0.4) is 0 Å². The maximum atomic E-state index is 9.00. The van der Waals surface area contributed by atoms with Gasteiger partial charge in [-0.25, -0.2) is 4.98 Å². The largest absolute Gasteiger partial charge is 0.497 e. The van der Waals surface area contributed by atoms with Crippen molar-refractivity contribution in [2.24, 2.45) is 0 Å². The molecule has 17 heavy (non-hydrogen) atoms. The van der Waals surface area contributed by atoms with Crippen molar-refractivity contribution < 1.29 is 14.6 Å². The van der Waals surface area contributed by atoms with Crippen molar-refractivity contribution in [1.82, 2.24) is 9.97 Å². The fourth-order valence-electron chi connectivity index (χ4n) is 1.58. The lowest BCUT2D eigenvalue weighted by Gasteiger charge is -2.08. The number of aromatic amines is 1. The normalized spacial score (nSPS) is 10.3. The molecule has 0 unspecified atom stereocenters. The molecule has 0 amide bonds. The number of benzene rings is 1. The molecule has 0 aliphatic heterocycles. The highest BCUT2D eigenvalue weighted by molar-refractivity contribution is 5.66. The maximum Gasteiger partial charge on any atom is 0.141 e. The van der Waals surface area contributed by atoms with E-state index in [2.05, 4.69) is 9.97 Å². The number of aromatic nitrogens is 2. The van der Waals surface area contributed by atoms with Crippen LogP contribution in [0.1, 0.15) is 5.69 Å². The summed E-state index contributed by atoms with van der Waals surface area (Å²) in [7, 11) is 3.20. The van der Waals surface area contributed by atoms with Gasteiger partial charge >= 0.3 is 0 Å². The van der Waals surface area contributed by atoms with Crippen LogP contribution in [0, 0.1) is 0 Å². The van der Waals surface area contributed by atoms with Gasteiger partial charge in [-0.1, -0.05) is 0 Å². The number of nitrogens with one attached hydrogen (secondary N) is 1. The van der Waals surface area contributed by atoms with Gasteiger partial charge in [0.1, 0.15) is 17.3 Å². The summed E-state index contributed by atoms with van der Waals surface area (Å²) in [5.74, 6) is 2.07. The van der Waals surface area contributed by atoms with Crippen molar-refractivity contribution in [3.05, 3.63) is 30.1 Å². The van der Waals surface area contributed by atoms with E-state index in [1.807, 2.05) is 18.2 Å². The first-order valence-corrected chi connectivity index (χ1v) is 5.15. The quantitative estimate of drug-likeness (QED) is 0.843. The molecular formula is C12H14N2O3. The molecule has 5 heteroatoms. The molecule has 2 aromatic rings. The summed E-state index contributed by atoms with van der Waals surface area (Å²) in [4.78, 5) is 7.20. The zero-order valence-electron chi connectivity index (χ0n) is 9.73. The van der Waals surface area contributed by atoms with Crippen LogP contribution in [-0.2, 0) is 6.61 Å². The monoisotopic (exact) mass is 234 g/mol. The second-order valence-corrected chi connectivity index (χ2v) is 3.48. The van der Waals surface area contributed by atoms with Crippen molar-refractivity contribution in [2.45, 2.75) is 6.61 Å². The molecule has 0 saturated carbocycles. The smallest absolute Gasteiger partial charge is 0.141 e. The van der Waals surface area contributed by atoms with Crippen LogP contribution < -0.4 is 9.47 Å². The summed E-state index contributed by atoms with van der Waals surface area (Å²) in [6.07, 6.45) is 1.59. The Morgan fingerprint density at radius 2 is 2.12 bits per heavy atom. The molecule has 1 aromatic heterocycles. The number of H-pyrrole nitrogens is 1. The zero-order valence-corrected chi connectivity index (χ0v) is 9.73. The molecule has 0 spiro atoms. The first-order valence-electron chi connectivity index (χ1n) is 5.15. The average molecular weight is 234 g/mol. The van der Waals surface area contributed by atoms with Crippen molar-refractivity contribution in [1.29, 1.82) is 0 Å². The predicted octanol–water partition coefficient (Wildman–Crippen LogP) is 1.59. The van der Waals surface area contributed by atoms with Crippen LogP contribution in [0.5, 0.6) is 11.5 Å². The minimum absolute atomic E-state index is 0.0702. The summed E-state index contributed by atoms with van der Waals surface area (Å²) in [5, 5.41) is 9.00. The Labute approximate surface area is 99.0 Å². The van der Waals surface area contributed by atoms with Crippen molar-refractivity contribution in [3.63, 3.8) is 0 Å². The van der Waals surface area contributed by atoms with E-state index >= 15 is 0 Å². The molecule has 0 radical (unpaired) electrons. The number of hydrogen-bond donors (Lipinski definition) is 2. The van der Waals surface area contributed by atoms with E-state index in [4.69, 9.17) is 14.6 Å². The Kier molecular flexibility index (Phi) is 3.30. The molecular weight excluding hydrogens is 220 g/mol. The maximum absolute atomic E-state index is 9.00. The van der Waals surface area contributed by atoms with E-state index in [9.17, 15) is 0 Å². The number of methoxy groups -OCH3 is 2. The molecule has 1 aromatic carbocycles. The highest BCUT2D eigenvalue weighted by Crippen LogP contribution is 2.31. The van der Waals surface area contributed by atoms with Crippen molar-refractivity contribution in [3.8, 4) is 22.9 Å². The highest BCUT2D eigenvalue weighted by Gasteiger charge is 2.10. The van der Waals surface area contributed by atoms with Crippen molar-refractivity contribution in [2.75, 3.05) is 14.2 Å². The Balaban J connectivity index is 2.47. The first-order chi connectivity index (χ1) is 8.28. The van der Waals surface area contributed by atoms with Crippen molar-refractivity contribution >= 4 is 0 Å². The van der Waals surface area contributed by atoms with Crippen LogP contribution >= 0.6 is 0 Å². The minimum Gasteiger partial charge on any atom is -0.497 e. The van der Waals surface area contributed by atoms with Gasteiger partial charge in [0, 0.05) is 0 Å². The molecule has 0 aliphatic carbocycles. The minimum atomic E-state index is -0.0702. The Morgan fingerprint density at radius 1 is 1.29 bits per heavy atom. The topological polar surface area (TPSA) is 67.4 Å². The average Bonchev–Trinajstić information content (AvgIpc) is 2.86. The first kappa shape index (κ1) is 11.5. The van der Waals surface area contributed by atoms with Gasteiger partial charge in [0.2, 0.25) is 0 Å². The molecule has 2 N–H and O–H groups in total. The second kappa shape index (κ2) is 4.88. The second-order valence-electron chi connectivity index (χ2n) is 3.48. The van der Waals surface area contributed by atoms with Gasteiger partial charge in [-0.2, -0.15) is 0 Å². The van der Waals surface area contributed by atoms with E-state index in [1.165, 1.54) is 0 Å². The number of imidazole rings is 1. The lowest BCUT2D eigenvalue weighted by atomic mass is 10.2. The number of hydrogen-bond acceptors (Lipinski definition) is 4. The molecule has 90 valence electrons. The van der Waals surface area contributed by atoms with Gasteiger partial charge in [0.05, 0.1) is 38.3 Å². The van der Waals surface area contributed by atoms with E-state index in [-0.39, 0.29) is 6.61 Å². The molecule has 0 atom stereocenters. The summed E-state index contributed by atoms with van der Waals surface area (Å²) >= 11 is 0. The number of aliphatic hydroxyl groups excluding tert-OH is 1. The SMILES string of the molecule is COc1ccc(OC)c(-c2ncc(CO)[nH]2)c1. The van der Waals surface area contributed by atoms with Crippen LogP contribution in [0.25, 0.3) is 11.4 Å². The molecule has 0 bridgehead atoms. The summed E-state index contributed by atoms with van der Waals surface area (Å²) < 4.78 is 10.4. The van der Waals surface area contributed by atoms with Gasteiger partial charge < -0.3 is 19.6 Å². The number of aliphatic hydroxyl groups is 1. The van der Waals surface area contributed by atoms with Crippen LogP contribution in [0.2, 0.25) is 0 Å². The van der Waals surface area contributed by atoms with Gasteiger partial charge in [0.15, 0.2) is 0 Å². The standard InChI is InChI=1S/C12H14N2O3/c1-16-9-3-4-11(17-2)10(5-9)12-13-6-8(7-15)14-12/h3-6,15H,7H2,1-2H3,(H,13,14). The van der Waals surface area contributed by atoms with Gasteiger partial charge in [-0.15, -0.1) is 0 Å². The third-order valence-corrected chi connectivity index (χ3v) is 2.46. The predicted molar refractivity (Wildman–Crippen MR) is 63.1 cm³/mol. The lowest BCUT2D eigenvalue weighted by molar-refractivity contribution is 0.277. The Morgan fingerprint density at radius 3 is 2.71 bits per heavy atom. The van der Waals surface area contributed by atoms with E-state index in [0.717, 1.165) is 11.3 Å². The molecule has 0 saturated heterocycles. The zero-order chi connectivity index (χ0) is 12.3. The lowest BCUT2D eigenvalue weighted by Crippen LogP contribution is -1.91. The van der Waals surface area contributed by atoms with Crippen LogP contribution in [0.4, 0.5) is 0 Å². The third-order valence-electron chi connectivity index (χ3n) is 2.46. The summed E-state index contributed by atoms with van der Waals surface area (Å²) in [6, 6.07) is 5.46. The summed E-state index contributed by atoms with van der Waals surface area (Å²) in [6.45, 7) is -0.0702. The van der Waals surface area contributed by atoms with Crippen LogP contribution in [-0.4, -0.2) is 29.3 Å². The van der Waals surface area contributed by atoms with Gasteiger partial charge in [-0.3, -0.25) is 0 Å². The summed E-state index contributed by atoms with van der Waals surface area (Å²) in [5.41, 5.74) is 1.46. The fourth-order valence-corrected chi connectivity index (χ4v) is 1.58. The highest BCUT2D eigenvalue weighted by atomic mass is 16.5. The molecule has 5 nitrogen and oxygen atoms in total. The number of nitrogens with zero attached hydrogens (tertiary/aromatic N) is 1.